The van der Waals surface area contributed by atoms with Gasteiger partial charge in [-0.1, -0.05) is 18.2 Å². The number of guanidine groups is 1. The van der Waals surface area contributed by atoms with Crippen molar-refractivity contribution < 1.29 is 44.1 Å². The molecule has 0 radical (unpaired) electrons. The second-order valence-corrected chi connectivity index (χ2v) is 9.67. The largest absolute Gasteiger partial charge is 0.481 e. The van der Waals surface area contributed by atoms with Crippen LogP contribution in [0.4, 0.5) is 0 Å². The zero-order valence-electron chi connectivity index (χ0n) is 23.1. The van der Waals surface area contributed by atoms with E-state index in [1.165, 1.54) is 0 Å². The van der Waals surface area contributed by atoms with Gasteiger partial charge in [0.05, 0.1) is 12.5 Å². The molecule has 13 N–H and O–H groups in total. The Labute approximate surface area is 245 Å². The number of carbonyl (C=O) groups excluding carboxylic acids is 3. The molecule has 0 spiro atoms. The predicted molar refractivity (Wildman–Crippen MR) is 152 cm³/mol. The molecule has 0 aliphatic carbocycles. The number of carboxylic acids is 3. The van der Waals surface area contributed by atoms with Gasteiger partial charge < -0.3 is 53.5 Å². The zero-order chi connectivity index (χ0) is 32.1. The Morgan fingerprint density at radius 1 is 0.837 bits per heavy atom. The summed E-state index contributed by atoms with van der Waals surface area (Å²) in [5.74, 6) is -6.96. The molecule has 43 heavy (non-hydrogen) atoms. The van der Waals surface area contributed by atoms with Crippen molar-refractivity contribution in [1.29, 1.82) is 0 Å². The molecule has 2 rings (SSSR count). The summed E-state index contributed by atoms with van der Waals surface area (Å²) in [5.41, 5.74) is 17.7. The van der Waals surface area contributed by atoms with Gasteiger partial charge in [-0.2, -0.15) is 0 Å². The molecule has 3 amide bonds. The second-order valence-electron chi connectivity index (χ2n) is 9.67. The van der Waals surface area contributed by atoms with Gasteiger partial charge in [-0.15, -0.1) is 0 Å². The summed E-state index contributed by atoms with van der Waals surface area (Å²) in [7, 11) is 0. The number of H-pyrrole nitrogens is 1. The predicted octanol–water partition coefficient (Wildman–Crippen LogP) is -2.03. The van der Waals surface area contributed by atoms with Gasteiger partial charge >= 0.3 is 17.9 Å². The fraction of sp³-hybridized carbons (Fsp3) is 0.423. The number of para-hydroxylation sites is 1. The Morgan fingerprint density at radius 3 is 2.09 bits per heavy atom. The molecule has 2 aromatic rings. The van der Waals surface area contributed by atoms with Crippen LogP contribution in [0.15, 0.2) is 35.5 Å². The first-order chi connectivity index (χ1) is 20.3. The summed E-state index contributed by atoms with van der Waals surface area (Å²) in [5, 5.41) is 35.3. The van der Waals surface area contributed by atoms with Crippen LogP contribution in [0.3, 0.4) is 0 Å². The Hall–Kier alpha value is -5.19. The minimum Gasteiger partial charge on any atom is -0.481 e. The highest BCUT2D eigenvalue weighted by Crippen LogP contribution is 2.19. The molecular weight excluding hydrogens is 568 g/mol. The number of fused-ring (bicyclic) bond motifs is 1. The monoisotopic (exact) mass is 604 g/mol. The van der Waals surface area contributed by atoms with Crippen molar-refractivity contribution in [2.24, 2.45) is 22.2 Å². The van der Waals surface area contributed by atoms with Gasteiger partial charge in [0, 0.05) is 36.5 Å². The van der Waals surface area contributed by atoms with Gasteiger partial charge in [0.2, 0.25) is 17.7 Å². The van der Waals surface area contributed by atoms with Crippen molar-refractivity contribution >= 4 is 52.5 Å². The lowest BCUT2D eigenvalue weighted by Crippen LogP contribution is -2.57. The van der Waals surface area contributed by atoms with Crippen LogP contribution in [-0.2, 0) is 35.2 Å². The zero-order valence-corrected chi connectivity index (χ0v) is 23.1. The third kappa shape index (κ3) is 11.3. The number of carbonyl (C=O) groups is 6. The molecular formula is C26H36N8O9. The van der Waals surface area contributed by atoms with E-state index in [4.69, 9.17) is 27.4 Å². The third-order valence-corrected chi connectivity index (χ3v) is 6.30. The lowest BCUT2D eigenvalue weighted by molar-refractivity contribution is -0.143. The van der Waals surface area contributed by atoms with E-state index < -0.39 is 79.1 Å². The molecule has 1 aromatic carbocycles. The number of carboxylic acid groups (broad SMARTS) is 3. The van der Waals surface area contributed by atoms with E-state index >= 15 is 0 Å². The number of amides is 3. The maximum atomic E-state index is 13.5. The first kappa shape index (κ1) is 34.0. The molecule has 1 heterocycles. The Kier molecular flexibility index (Phi) is 12.9. The number of aliphatic carboxylic acids is 3. The molecule has 0 aliphatic heterocycles. The van der Waals surface area contributed by atoms with Crippen molar-refractivity contribution in [3.8, 4) is 0 Å². The minimum absolute atomic E-state index is 0.0636. The van der Waals surface area contributed by atoms with E-state index in [0.29, 0.717) is 5.56 Å². The summed E-state index contributed by atoms with van der Waals surface area (Å²) < 4.78 is 0. The van der Waals surface area contributed by atoms with Crippen LogP contribution in [0.1, 0.15) is 37.7 Å². The van der Waals surface area contributed by atoms with Crippen molar-refractivity contribution in [2.45, 2.75) is 62.7 Å². The highest BCUT2D eigenvalue weighted by atomic mass is 16.4. The van der Waals surface area contributed by atoms with Gasteiger partial charge in [0.25, 0.3) is 0 Å². The number of nitrogens with zero attached hydrogens (tertiary/aromatic N) is 1. The van der Waals surface area contributed by atoms with Crippen LogP contribution in [-0.4, -0.2) is 92.6 Å². The topological polar surface area (TPSA) is 305 Å². The highest BCUT2D eigenvalue weighted by Gasteiger charge is 2.31. The van der Waals surface area contributed by atoms with Crippen molar-refractivity contribution in [3.63, 3.8) is 0 Å². The number of hydrogen-bond donors (Lipinski definition) is 10. The molecule has 17 nitrogen and oxygen atoms in total. The summed E-state index contributed by atoms with van der Waals surface area (Å²) in [6.45, 7) is 0.0723. The van der Waals surface area contributed by atoms with Crippen LogP contribution in [0.5, 0.6) is 0 Å². The number of rotatable bonds is 18. The maximum absolute atomic E-state index is 13.5. The molecule has 0 saturated heterocycles. The van der Waals surface area contributed by atoms with E-state index in [1.807, 2.05) is 0 Å². The lowest BCUT2D eigenvalue weighted by atomic mass is 10.0. The number of aliphatic imine (C=N–C) groups is 1. The van der Waals surface area contributed by atoms with Gasteiger partial charge in [-0.25, -0.2) is 4.79 Å². The van der Waals surface area contributed by atoms with Crippen LogP contribution < -0.4 is 33.2 Å². The summed E-state index contributed by atoms with van der Waals surface area (Å²) in [6, 6.07) is 1.45. The Morgan fingerprint density at radius 2 is 1.47 bits per heavy atom. The van der Waals surface area contributed by atoms with Crippen molar-refractivity contribution in [1.82, 2.24) is 20.9 Å². The summed E-state index contributed by atoms with van der Waals surface area (Å²) >= 11 is 0. The summed E-state index contributed by atoms with van der Waals surface area (Å²) in [4.78, 5) is 79.9. The number of aromatic amines is 1. The molecule has 4 atom stereocenters. The smallest absolute Gasteiger partial charge is 0.326 e. The molecule has 0 saturated carbocycles. The first-order valence-electron chi connectivity index (χ1n) is 13.2. The van der Waals surface area contributed by atoms with Gasteiger partial charge in [-0.3, -0.25) is 29.0 Å². The summed E-state index contributed by atoms with van der Waals surface area (Å²) in [6.07, 6.45) is 0.0154. The quantitative estimate of drug-likeness (QED) is 0.0500. The first-order valence-corrected chi connectivity index (χ1v) is 13.2. The molecule has 1 aromatic heterocycles. The van der Waals surface area contributed by atoms with E-state index in [0.717, 1.165) is 10.9 Å². The molecule has 0 bridgehead atoms. The molecule has 4 unspecified atom stereocenters. The van der Waals surface area contributed by atoms with Crippen LogP contribution in [0.2, 0.25) is 0 Å². The SMILES string of the molecule is NC(N)=NCCCC(NC(=O)C(Cc1c[nH]c2ccccc12)NC(=O)C(N)CC(=O)O)C(=O)NC(CCC(=O)O)C(=O)O. The van der Waals surface area contributed by atoms with Crippen LogP contribution >= 0.6 is 0 Å². The second kappa shape index (κ2) is 16.3. The van der Waals surface area contributed by atoms with Crippen molar-refractivity contribution in [2.75, 3.05) is 6.54 Å². The number of aromatic nitrogens is 1. The average Bonchev–Trinajstić information content (AvgIpc) is 3.33. The van der Waals surface area contributed by atoms with Crippen LogP contribution in [0.25, 0.3) is 10.9 Å². The standard InChI is InChI=1S/C26H36N8O9/c27-15(11-21(37)38)22(39)34-19(10-13-12-31-16-5-2-1-4-14(13)16)24(41)32-17(6-3-9-30-26(28)29)23(40)33-18(25(42)43)7-8-20(35)36/h1-2,4-5,12,15,17-19,31H,3,6-11,27H2,(H,32,41)(H,33,40)(H,34,39)(H,35,36)(H,37,38)(H,42,43)(H4,28,29,30). The van der Waals surface area contributed by atoms with Gasteiger partial charge in [-0.05, 0) is 30.9 Å². The number of nitrogens with two attached hydrogens (primary N) is 3. The highest BCUT2D eigenvalue weighted by molar-refractivity contribution is 5.95. The number of benzene rings is 1. The van der Waals surface area contributed by atoms with E-state index in [1.54, 1.807) is 30.5 Å². The fourth-order valence-corrected chi connectivity index (χ4v) is 4.13. The number of hydrogen-bond acceptors (Lipinski definition) is 8. The van der Waals surface area contributed by atoms with Crippen LogP contribution in [0, 0.1) is 0 Å². The Bertz CT molecular complexity index is 1360. The van der Waals surface area contributed by atoms with Gasteiger partial charge in [0.15, 0.2) is 5.96 Å². The lowest BCUT2D eigenvalue weighted by Gasteiger charge is -2.25. The minimum atomic E-state index is -1.56. The van der Waals surface area contributed by atoms with E-state index in [-0.39, 0.29) is 31.8 Å². The fourth-order valence-electron chi connectivity index (χ4n) is 4.13. The third-order valence-electron chi connectivity index (χ3n) is 6.30. The van der Waals surface area contributed by atoms with Gasteiger partial charge in [0.1, 0.15) is 18.1 Å². The molecule has 234 valence electrons. The van der Waals surface area contributed by atoms with E-state index in [9.17, 15) is 33.9 Å². The molecule has 17 heteroatoms. The normalized spacial score (nSPS) is 13.6. The molecule has 0 fully saturated rings. The van der Waals surface area contributed by atoms with E-state index in [2.05, 4.69) is 25.9 Å². The maximum Gasteiger partial charge on any atom is 0.326 e. The molecule has 0 aliphatic rings. The number of nitrogens with one attached hydrogen (secondary N) is 4. The Balaban J connectivity index is 2.33. The van der Waals surface area contributed by atoms with Crippen molar-refractivity contribution in [3.05, 3.63) is 36.0 Å². The average molecular weight is 605 g/mol.